The van der Waals surface area contributed by atoms with Gasteiger partial charge in [-0.3, -0.25) is 0 Å². The average Bonchev–Trinajstić information content (AvgIpc) is 2.28. The van der Waals surface area contributed by atoms with Gasteiger partial charge in [0.1, 0.15) is 6.10 Å². The number of likely N-dealkylation sites (N-methyl/N-ethyl adjacent to an activating group) is 1. The molecule has 1 heterocycles. The highest BCUT2D eigenvalue weighted by Crippen LogP contribution is 2.23. The van der Waals surface area contributed by atoms with E-state index >= 15 is 0 Å². The first-order valence-corrected chi connectivity index (χ1v) is 6.36. The van der Waals surface area contributed by atoms with Gasteiger partial charge in [-0.15, -0.1) is 0 Å². The fourth-order valence-corrected chi connectivity index (χ4v) is 1.85. The van der Waals surface area contributed by atoms with Gasteiger partial charge < -0.3 is 14.8 Å². The molecule has 1 N–H and O–H groups in total. The van der Waals surface area contributed by atoms with E-state index in [4.69, 9.17) is 21.1 Å². The number of hydrogen-bond acceptors (Lipinski definition) is 3. The summed E-state index contributed by atoms with van der Waals surface area (Å²) in [6, 6.07) is 7.83. The molecule has 0 bridgehead atoms. The van der Waals surface area contributed by atoms with E-state index in [1.807, 2.05) is 24.3 Å². The maximum absolute atomic E-state index is 5.98. The Kier molecular flexibility index (Phi) is 4.80. The summed E-state index contributed by atoms with van der Waals surface area (Å²) in [4.78, 5) is 0. The van der Waals surface area contributed by atoms with Crippen molar-refractivity contribution in [2.24, 2.45) is 0 Å². The summed E-state index contributed by atoms with van der Waals surface area (Å²) in [5, 5.41) is 4.07. The van der Waals surface area contributed by atoms with E-state index in [1.165, 1.54) is 0 Å². The Balaban J connectivity index is 1.99. The van der Waals surface area contributed by atoms with Crippen LogP contribution in [0.25, 0.3) is 0 Å². The van der Waals surface area contributed by atoms with E-state index in [1.54, 1.807) is 0 Å². The van der Waals surface area contributed by atoms with Gasteiger partial charge in [-0.1, -0.05) is 30.7 Å². The molecule has 1 fully saturated rings. The Morgan fingerprint density at radius 2 is 2.12 bits per heavy atom. The zero-order chi connectivity index (χ0) is 12.1. The van der Waals surface area contributed by atoms with Gasteiger partial charge in [0.2, 0.25) is 0 Å². The van der Waals surface area contributed by atoms with Gasteiger partial charge in [-0.25, -0.2) is 0 Å². The highest BCUT2D eigenvalue weighted by Gasteiger charge is 2.24. The molecule has 1 aliphatic heterocycles. The molecule has 1 aromatic rings. The third-order valence-corrected chi connectivity index (χ3v) is 3.04. The van der Waals surface area contributed by atoms with Crippen molar-refractivity contribution in [1.82, 2.24) is 5.32 Å². The van der Waals surface area contributed by atoms with Crippen LogP contribution in [0.5, 0.6) is 0 Å². The summed E-state index contributed by atoms with van der Waals surface area (Å²) in [7, 11) is 0. The van der Waals surface area contributed by atoms with E-state index < -0.39 is 0 Å². The molecular formula is C13H18ClNO2. The molecule has 0 radical (unpaired) electrons. The van der Waals surface area contributed by atoms with E-state index in [2.05, 4.69) is 12.2 Å². The third-order valence-electron chi connectivity index (χ3n) is 2.79. The molecule has 0 saturated carbocycles. The van der Waals surface area contributed by atoms with Crippen LogP contribution in [0.3, 0.4) is 0 Å². The predicted molar refractivity (Wildman–Crippen MR) is 68.4 cm³/mol. The Morgan fingerprint density at radius 3 is 2.65 bits per heavy atom. The van der Waals surface area contributed by atoms with Crippen molar-refractivity contribution >= 4 is 11.6 Å². The zero-order valence-electron chi connectivity index (χ0n) is 9.99. The second-order valence-electron chi connectivity index (χ2n) is 4.14. The number of ether oxygens (including phenoxy) is 2. The van der Waals surface area contributed by atoms with Gasteiger partial charge >= 0.3 is 0 Å². The van der Waals surface area contributed by atoms with Crippen molar-refractivity contribution in [2.45, 2.75) is 19.1 Å². The number of nitrogens with one attached hydrogen (secondary N) is 1. The van der Waals surface area contributed by atoms with Crippen LogP contribution in [0.1, 0.15) is 18.6 Å². The first-order chi connectivity index (χ1) is 8.29. The summed E-state index contributed by atoms with van der Waals surface area (Å²) in [5.41, 5.74) is 1.15. The van der Waals surface area contributed by atoms with Crippen LogP contribution in [0.15, 0.2) is 24.3 Å². The lowest BCUT2D eigenvalue weighted by Crippen LogP contribution is -2.39. The lowest BCUT2D eigenvalue weighted by molar-refractivity contribution is -0.155. The molecule has 0 aliphatic carbocycles. The second-order valence-corrected chi connectivity index (χ2v) is 4.58. The second kappa shape index (κ2) is 6.36. The molecule has 2 rings (SSSR count). The molecule has 1 unspecified atom stereocenters. The van der Waals surface area contributed by atoms with E-state index in [-0.39, 0.29) is 12.2 Å². The van der Waals surface area contributed by atoms with E-state index in [0.717, 1.165) is 23.7 Å². The summed E-state index contributed by atoms with van der Waals surface area (Å²) in [5.74, 6) is 0. The summed E-state index contributed by atoms with van der Waals surface area (Å²) in [6.45, 7) is 5.25. The lowest BCUT2D eigenvalue weighted by Gasteiger charge is -2.31. The van der Waals surface area contributed by atoms with Crippen LogP contribution < -0.4 is 5.32 Å². The first-order valence-electron chi connectivity index (χ1n) is 5.99. The summed E-state index contributed by atoms with van der Waals surface area (Å²) >= 11 is 5.89. The molecule has 3 nitrogen and oxygen atoms in total. The minimum Gasteiger partial charge on any atom is -0.376 e. The van der Waals surface area contributed by atoms with Crippen molar-refractivity contribution < 1.29 is 9.47 Å². The maximum Gasteiger partial charge on any atom is 0.105 e. The van der Waals surface area contributed by atoms with E-state index in [9.17, 15) is 0 Å². The number of hydrogen-bond donors (Lipinski definition) is 1. The molecule has 4 heteroatoms. The van der Waals surface area contributed by atoms with Crippen molar-refractivity contribution in [3.05, 3.63) is 34.9 Å². The smallest absolute Gasteiger partial charge is 0.105 e. The Bertz CT molecular complexity index is 338. The first kappa shape index (κ1) is 12.8. The van der Waals surface area contributed by atoms with Crippen molar-refractivity contribution in [3.8, 4) is 0 Å². The normalized spacial score (nSPS) is 17.8. The Labute approximate surface area is 107 Å². The molecule has 0 amide bonds. The molecule has 1 saturated heterocycles. The largest absolute Gasteiger partial charge is 0.376 e. The highest BCUT2D eigenvalue weighted by atomic mass is 35.5. The molecule has 1 aliphatic rings. The topological polar surface area (TPSA) is 30.5 Å². The molecule has 0 aromatic heterocycles. The zero-order valence-corrected chi connectivity index (χ0v) is 10.7. The SMILES string of the molecule is CCNCC(OC1COC1)c1ccc(Cl)cc1. The Hall–Kier alpha value is -0.610. The van der Waals surface area contributed by atoms with Gasteiger partial charge in [0.15, 0.2) is 0 Å². The number of rotatable bonds is 6. The fourth-order valence-electron chi connectivity index (χ4n) is 1.72. The lowest BCUT2D eigenvalue weighted by atomic mass is 10.1. The quantitative estimate of drug-likeness (QED) is 0.847. The van der Waals surface area contributed by atoms with Gasteiger partial charge in [0.05, 0.1) is 19.3 Å². The Morgan fingerprint density at radius 1 is 1.41 bits per heavy atom. The maximum atomic E-state index is 5.98. The van der Waals surface area contributed by atoms with Gasteiger partial charge in [0, 0.05) is 11.6 Å². The minimum absolute atomic E-state index is 0.0705. The number of halogens is 1. The molecule has 1 aromatic carbocycles. The van der Waals surface area contributed by atoms with Crippen LogP contribution in [-0.2, 0) is 9.47 Å². The van der Waals surface area contributed by atoms with Crippen molar-refractivity contribution in [1.29, 1.82) is 0 Å². The molecule has 94 valence electrons. The van der Waals surface area contributed by atoms with Gasteiger partial charge in [0.25, 0.3) is 0 Å². The van der Waals surface area contributed by atoms with Crippen LogP contribution in [0.2, 0.25) is 5.02 Å². The molecular weight excluding hydrogens is 238 g/mol. The highest BCUT2D eigenvalue weighted by molar-refractivity contribution is 6.30. The predicted octanol–water partition coefficient (Wildman–Crippen LogP) is 2.41. The van der Waals surface area contributed by atoms with Crippen molar-refractivity contribution in [2.75, 3.05) is 26.3 Å². The fraction of sp³-hybridized carbons (Fsp3) is 0.538. The van der Waals surface area contributed by atoms with Crippen molar-refractivity contribution in [3.63, 3.8) is 0 Å². The van der Waals surface area contributed by atoms with E-state index in [0.29, 0.717) is 13.2 Å². The van der Waals surface area contributed by atoms with Crippen LogP contribution in [0, 0.1) is 0 Å². The minimum atomic E-state index is 0.0705. The van der Waals surface area contributed by atoms with Gasteiger partial charge in [-0.05, 0) is 24.2 Å². The summed E-state index contributed by atoms with van der Waals surface area (Å²) < 4.78 is 11.1. The summed E-state index contributed by atoms with van der Waals surface area (Å²) in [6.07, 6.45) is 0.301. The third kappa shape index (κ3) is 3.68. The molecule has 0 spiro atoms. The van der Waals surface area contributed by atoms with Crippen LogP contribution in [-0.4, -0.2) is 32.4 Å². The van der Waals surface area contributed by atoms with Crippen LogP contribution in [0.4, 0.5) is 0 Å². The van der Waals surface area contributed by atoms with Crippen LogP contribution >= 0.6 is 11.6 Å². The average molecular weight is 256 g/mol. The number of benzene rings is 1. The standard InChI is InChI=1S/C13H18ClNO2/c1-2-15-7-13(17-12-8-16-9-12)10-3-5-11(14)6-4-10/h3-6,12-13,15H,2,7-9H2,1H3. The monoisotopic (exact) mass is 255 g/mol. The van der Waals surface area contributed by atoms with Gasteiger partial charge in [-0.2, -0.15) is 0 Å². The molecule has 17 heavy (non-hydrogen) atoms. The molecule has 1 atom stereocenters.